The molecule has 23 heavy (non-hydrogen) atoms. The summed E-state index contributed by atoms with van der Waals surface area (Å²) in [7, 11) is 1.31. The molecule has 2 N–H and O–H groups in total. The minimum Gasteiger partial charge on any atom is -0.507 e. The number of ether oxygens (including phenoxy) is 1. The highest BCUT2D eigenvalue weighted by molar-refractivity contribution is 5.73. The summed E-state index contributed by atoms with van der Waals surface area (Å²) in [4.78, 5) is 11.4. The number of allylic oxidation sites excluding steroid dienone is 3. The lowest BCUT2D eigenvalue weighted by Gasteiger charge is -2.31. The average Bonchev–Trinajstić information content (AvgIpc) is 2.46. The van der Waals surface area contributed by atoms with Crippen molar-refractivity contribution in [3.05, 3.63) is 47.1 Å². The van der Waals surface area contributed by atoms with E-state index in [9.17, 15) is 15.0 Å². The summed E-state index contributed by atoms with van der Waals surface area (Å²) in [6.45, 7) is 8.09. The monoisotopic (exact) mass is 316 g/mol. The zero-order valence-electron chi connectivity index (χ0n) is 13.9. The SMILES string of the molecule is C=C(C)C1CCC(C)=C[C@H]1c1c(O)cc(CC(=O)OC)cc1O. The minimum atomic E-state index is -0.412. The maximum absolute atomic E-state index is 11.4. The number of methoxy groups -OCH3 is 1. The number of esters is 1. The molecular formula is C19H24O4. The summed E-state index contributed by atoms with van der Waals surface area (Å²) in [5.41, 5.74) is 3.31. The van der Waals surface area contributed by atoms with Crippen LogP contribution in [0.5, 0.6) is 11.5 Å². The molecule has 1 aliphatic carbocycles. The third-order valence-corrected chi connectivity index (χ3v) is 4.49. The Bertz CT molecular complexity index is 634. The van der Waals surface area contributed by atoms with Gasteiger partial charge in [0.25, 0.3) is 0 Å². The average molecular weight is 316 g/mol. The van der Waals surface area contributed by atoms with E-state index in [1.807, 2.05) is 6.92 Å². The van der Waals surface area contributed by atoms with Crippen molar-refractivity contribution < 1.29 is 19.7 Å². The number of hydrogen-bond acceptors (Lipinski definition) is 4. The van der Waals surface area contributed by atoms with Crippen LogP contribution in [0.1, 0.15) is 43.7 Å². The van der Waals surface area contributed by atoms with E-state index in [2.05, 4.69) is 24.3 Å². The smallest absolute Gasteiger partial charge is 0.309 e. The molecule has 2 rings (SSSR count). The summed E-state index contributed by atoms with van der Waals surface area (Å²) < 4.78 is 4.62. The molecule has 1 aliphatic rings. The third kappa shape index (κ3) is 3.76. The van der Waals surface area contributed by atoms with Crippen LogP contribution in [0.2, 0.25) is 0 Å². The number of benzene rings is 1. The van der Waals surface area contributed by atoms with Crippen molar-refractivity contribution >= 4 is 5.97 Å². The Morgan fingerprint density at radius 3 is 2.48 bits per heavy atom. The molecule has 0 fully saturated rings. The first-order valence-corrected chi connectivity index (χ1v) is 7.77. The van der Waals surface area contributed by atoms with Gasteiger partial charge in [0.05, 0.1) is 13.5 Å². The van der Waals surface area contributed by atoms with E-state index in [1.165, 1.54) is 24.8 Å². The molecular weight excluding hydrogens is 292 g/mol. The molecule has 1 aromatic carbocycles. The summed E-state index contributed by atoms with van der Waals surface area (Å²) in [5.74, 6) is -0.322. The molecule has 0 radical (unpaired) electrons. The predicted octanol–water partition coefficient (Wildman–Crippen LogP) is 3.83. The van der Waals surface area contributed by atoms with Crippen LogP contribution in [0.25, 0.3) is 0 Å². The van der Waals surface area contributed by atoms with Crippen LogP contribution in [0, 0.1) is 5.92 Å². The van der Waals surface area contributed by atoms with Gasteiger partial charge < -0.3 is 14.9 Å². The molecule has 0 heterocycles. The van der Waals surface area contributed by atoms with Gasteiger partial charge in [-0.05, 0) is 50.3 Å². The summed E-state index contributed by atoms with van der Waals surface area (Å²) in [6.07, 6.45) is 4.06. The predicted molar refractivity (Wildman–Crippen MR) is 89.5 cm³/mol. The van der Waals surface area contributed by atoms with Gasteiger partial charge in [0, 0.05) is 11.5 Å². The largest absolute Gasteiger partial charge is 0.507 e. The zero-order chi connectivity index (χ0) is 17.1. The van der Waals surface area contributed by atoms with Gasteiger partial charge in [-0.1, -0.05) is 23.8 Å². The van der Waals surface area contributed by atoms with Crippen LogP contribution in [-0.4, -0.2) is 23.3 Å². The Balaban J connectivity index is 2.43. The van der Waals surface area contributed by atoms with Crippen LogP contribution < -0.4 is 0 Å². The van der Waals surface area contributed by atoms with Crippen LogP contribution in [0.15, 0.2) is 35.9 Å². The lowest BCUT2D eigenvalue weighted by atomic mass is 9.73. The fraction of sp³-hybridized carbons (Fsp3) is 0.421. The summed E-state index contributed by atoms with van der Waals surface area (Å²) in [5, 5.41) is 20.8. The fourth-order valence-electron chi connectivity index (χ4n) is 3.27. The van der Waals surface area contributed by atoms with Gasteiger partial charge in [-0.3, -0.25) is 4.79 Å². The maximum atomic E-state index is 11.4. The molecule has 1 aromatic rings. The Morgan fingerprint density at radius 1 is 1.35 bits per heavy atom. The van der Waals surface area contributed by atoms with E-state index < -0.39 is 5.97 Å². The number of rotatable bonds is 4. The number of phenols is 2. The summed E-state index contributed by atoms with van der Waals surface area (Å²) in [6, 6.07) is 3.05. The van der Waals surface area contributed by atoms with Crippen molar-refractivity contribution in [2.24, 2.45) is 5.92 Å². The fourth-order valence-corrected chi connectivity index (χ4v) is 3.27. The Morgan fingerprint density at radius 2 is 1.96 bits per heavy atom. The molecule has 4 heteroatoms. The van der Waals surface area contributed by atoms with E-state index in [1.54, 1.807) is 0 Å². The van der Waals surface area contributed by atoms with E-state index >= 15 is 0 Å². The second-order valence-corrected chi connectivity index (χ2v) is 6.33. The van der Waals surface area contributed by atoms with E-state index in [0.717, 1.165) is 18.4 Å². The highest BCUT2D eigenvalue weighted by Gasteiger charge is 2.30. The van der Waals surface area contributed by atoms with Crippen LogP contribution >= 0.6 is 0 Å². The standard InChI is InChI=1S/C19H24O4/c1-11(2)14-6-5-12(3)7-15(14)19-16(20)8-13(9-17(19)21)10-18(22)23-4/h7-9,14-15,20-21H,1,5-6,10H2,2-4H3/t14?,15-/m1/s1. The Kier molecular flexibility index (Phi) is 5.14. The van der Waals surface area contributed by atoms with Crippen molar-refractivity contribution in [1.29, 1.82) is 0 Å². The molecule has 0 amide bonds. The van der Waals surface area contributed by atoms with Crippen molar-refractivity contribution in [2.75, 3.05) is 7.11 Å². The number of phenolic OH excluding ortho intramolecular Hbond substituents is 2. The molecule has 124 valence electrons. The van der Waals surface area contributed by atoms with Gasteiger partial charge in [0.15, 0.2) is 0 Å². The topological polar surface area (TPSA) is 66.8 Å². The molecule has 0 saturated heterocycles. The quantitative estimate of drug-likeness (QED) is 0.654. The van der Waals surface area contributed by atoms with Gasteiger partial charge in [-0.25, -0.2) is 0 Å². The first kappa shape index (κ1) is 17.1. The second-order valence-electron chi connectivity index (χ2n) is 6.33. The van der Waals surface area contributed by atoms with Crippen molar-refractivity contribution in [1.82, 2.24) is 0 Å². The van der Waals surface area contributed by atoms with Crippen molar-refractivity contribution in [2.45, 2.75) is 39.0 Å². The van der Waals surface area contributed by atoms with Gasteiger partial charge >= 0.3 is 5.97 Å². The van der Waals surface area contributed by atoms with E-state index in [0.29, 0.717) is 11.1 Å². The molecule has 0 aliphatic heterocycles. The number of carbonyl (C=O) groups is 1. The molecule has 0 spiro atoms. The minimum absolute atomic E-state index is 0.00565. The lowest BCUT2D eigenvalue weighted by molar-refractivity contribution is -0.139. The van der Waals surface area contributed by atoms with Gasteiger partial charge in [0.2, 0.25) is 0 Å². The van der Waals surface area contributed by atoms with Crippen LogP contribution in [0.4, 0.5) is 0 Å². The molecule has 4 nitrogen and oxygen atoms in total. The van der Waals surface area contributed by atoms with Crippen LogP contribution in [0.3, 0.4) is 0 Å². The van der Waals surface area contributed by atoms with Crippen molar-refractivity contribution in [3.63, 3.8) is 0 Å². The first-order valence-electron chi connectivity index (χ1n) is 7.77. The van der Waals surface area contributed by atoms with Gasteiger partial charge in [-0.2, -0.15) is 0 Å². The molecule has 0 saturated carbocycles. The Labute approximate surface area is 137 Å². The first-order chi connectivity index (χ1) is 10.8. The highest BCUT2D eigenvalue weighted by Crippen LogP contribution is 2.46. The number of carbonyl (C=O) groups excluding carboxylic acids is 1. The number of hydrogen-bond donors (Lipinski definition) is 2. The maximum Gasteiger partial charge on any atom is 0.309 e. The molecule has 0 bridgehead atoms. The normalized spacial score (nSPS) is 20.7. The molecule has 2 atom stereocenters. The van der Waals surface area contributed by atoms with Crippen LogP contribution in [-0.2, 0) is 16.0 Å². The Hall–Kier alpha value is -2.23. The highest BCUT2D eigenvalue weighted by atomic mass is 16.5. The molecule has 0 aromatic heterocycles. The zero-order valence-corrected chi connectivity index (χ0v) is 13.9. The summed E-state index contributed by atoms with van der Waals surface area (Å²) >= 11 is 0. The number of aromatic hydroxyl groups is 2. The van der Waals surface area contributed by atoms with Gasteiger partial charge in [0.1, 0.15) is 11.5 Å². The lowest BCUT2D eigenvalue weighted by Crippen LogP contribution is -2.17. The second kappa shape index (κ2) is 6.90. The third-order valence-electron chi connectivity index (χ3n) is 4.49. The van der Waals surface area contributed by atoms with E-state index in [4.69, 9.17) is 0 Å². The van der Waals surface area contributed by atoms with E-state index in [-0.39, 0.29) is 29.8 Å². The van der Waals surface area contributed by atoms with Crippen molar-refractivity contribution in [3.8, 4) is 11.5 Å². The van der Waals surface area contributed by atoms with Gasteiger partial charge in [-0.15, -0.1) is 0 Å². The molecule has 1 unspecified atom stereocenters.